The van der Waals surface area contributed by atoms with Gasteiger partial charge in [0.25, 0.3) is 0 Å². The number of likely N-dealkylation sites (tertiary alicyclic amines) is 1. The minimum atomic E-state index is -4.87. The molecule has 0 radical (unpaired) electrons. The van der Waals surface area contributed by atoms with Crippen LogP contribution in [-0.4, -0.2) is 46.8 Å². The number of rotatable bonds is 4. The normalized spacial score (nSPS) is 23.5. The van der Waals surface area contributed by atoms with E-state index in [1.165, 1.54) is 24.3 Å². The fraction of sp³-hybridized carbons (Fsp3) is 0.231. The largest absolute Gasteiger partial charge is 0.573 e. The van der Waals surface area contributed by atoms with Crippen molar-refractivity contribution < 1.29 is 37.7 Å². The molecule has 186 valence electrons. The van der Waals surface area contributed by atoms with Crippen LogP contribution in [0.4, 0.5) is 18.9 Å². The molecule has 1 spiro atoms. The Hall–Kier alpha value is -4.05. The number of benzene rings is 3. The number of para-hydroxylation sites is 1. The van der Waals surface area contributed by atoms with Crippen molar-refractivity contribution in [3.8, 4) is 17.2 Å². The highest BCUT2D eigenvalue weighted by Crippen LogP contribution is 2.56. The fourth-order valence-corrected chi connectivity index (χ4v) is 5.47. The van der Waals surface area contributed by atoms with Gasteiger partial charge in [-0.3, -0.25) is 14.5 Å². The van der Waals surface area contributed by atoms with Gasteiger partial charge in [-0.25, -0.2) is 0 Å². The van der Waals surface area contributed by atoms with Crippen LogP contribution < -0.4 is 10.1 Å². The molecule has 0 bridgehead atoms. The summed E-state index contributed by atoms with van der Waals surface area (Å²) < 4.78 is 41.7. The summed E-state index contributed by atoms with van der Waals surface area (Å²) in [6.07, 6.45) is -4.87. The summed E-state index contributed by atoms with van der Waals surface area (Å²) in [6, 6.07) is 15.8. The molecular formula is C26H21F3N2O5. The fourth-order valence-electron chi connectivity index (χ4n) is 5.47. The number of carbonyl (C=O) groups excluding carboxylic acids is 2. The monoisotopic (exact) mass is 498 g/mol. The number of anilines is 1. The predicted octanol–water partition coefficient (Wildman–Crippen LogP) is 4.37. The van der Waals surface area contributed by atoms with E-state index in [1.54, 1.807) is 42.3 Å². The number of halogens is 3. The Morgan fingerprint density at radius 2 is 1.75 bits per heavy atom. The second kappa shape index (κ2) is 8.27. The Labute approximate surface area is 203 Å². The van der Waals surface area contributed by atoms with Crippen LogP contribution in [0.5, 0.6) is 17.2 Å². The lowest BCUT2D eigenvalue weighted by molar-refractivity contribution is -0.274. The third-order valence-corrected chi connectivity index (χ3v) is 6.94. The molecule has 3 N–H and O–H groups in total. The highest BCUT2D eigenvalue weighted by Gasteiger charge is 2.64. The summed E-state index contributed by atoms with van der Waals surface area (Å²) in [5, 5.41) is 22.8. The zero-order valence-corrected chi connectivity index (χ0v) is 18.9. The SMILES string of the molecule is CN1CC(c2ccc(O)c(O)c2)C(C(=O)c2ccc(OC(F)(F)F)cc2)C12C(=O)Nc1ccccc12. The van der Waals surface area contributed by atoms with Crippen LogP contribution in [0.2, 0.25) is 0 Å². The number of nitrogens with one attached hydrogen (secondary N) is 1. The topological polar surface area (TPSA) is 99.1 Å². The molecule has 3 aromatic carbocycles. The minimum absolute atomic E-state index is 0.106. The summed E-state index contributed by atoms with van der Waals surface area (Å²) >= 11 is 0. The van der Waals surface area contributed by atoms with E-state index in [9.17, 15) is 33.0 Å². The molecule has 0 aromatic heterocycles. The molecule has 3 aromatic rings. The number of phenols is 2. The molecule has 10 heteroatoms. The summed E-state index contributed by atoms with van der Waals surface area (Å²) in [6.45, 7) is 0.262. The van der Waals surface area contributed by atoms with Crippen LogP contribution in [0.1, 0.15) is 27.4 Å². The standard InChI is InChI=1S/C26H21F3N2O5/c1-31-13-17(15-8-11-20(32)21(33)12-15)22(25(31)18-4-2-3-5-19(18)30-24(25)35)23(34)14-6-9-16(10-7-14)36-26(27,28)29/h2-12,17,22,32-33H,13H2,1H3,(H,30,35). The maximum atomic E-state index is 14.1. The van der Waals surface area contributed by atoms with E-state index in [4.69, 9.17) is 0 Å². The second-order valence-corrected chi connectivity index (χ2v) is 8.92. The number of ether oxygens (including phenoxy) is 1. The van der Waals surface area contributed by atoms with Gasteiger partial charge in [0.05, 0.1) is 5.92 Å². The Balaban J connectivity index is 1.64. The Morgan fingerprint density at radius 1 is 1.06 bits per heavy atom. The van der Waals surface area contributed by atoms with Crippen LogP contribution in [0, 0.1) is 5.92 Å². The first-order chi connectivity index (χ1) is 17.0. The molecule has 0 saturated carbocycles. The van der Waals surface area contributed by atoms with Crippen molar-refractivity contribution in [2.24, 2.45) is 5.92 Å². The first-order valence-corrected chi connectivity index (χ1v) is 11.1. The van der Waals surface area contributed by atoms with Crippen molar-refractivity contribution in [3.05, 3.63) is 83.4 Å². The summed E-state index contributed by atoms with van der Waals surface area (Å²) in [7, 11) is 1.72. The molecule has 5 rings (SSSR count). The van der Waals surface area contributed by atoms with E-state index in [0.717, 1.165) is 12.1 Å². The first kappa shape index (κ1) is 23.7. The average Bonchev–Trinajstić information content (AvgIpc) is 3.29. The Morgan fingerprint density at radius 3 is 2.42 bits per heavy atom. The summed E-state index contributed by atoms with van der Waals surface area (Å²) in [5.41, 5.74) is 0.414. The maximum absolute atomic E-state index is 14.1. The van der Waals surface area contributed by atoms with E-state index in [1.807, 2.05) is 0 Å². The summed E-state index contributed by atoms with van der Waals surface area (Å²) in [4.78, 5) is 29.4. The van der Waals surface area contributed by atoms with E-state index in [0.29, 0.717) is 16.8 Å². The lowest BCUT2D eigenvalue weighted by Crippen LogP contribution is -2.51. The number of likely N-dealkylation sites (N-methyl/N-ethyl adjacent to an activating group) is 1. The molecule has 0 aliphatic carbocycles. The molecule has 2 aliphatic rings. The molecule has 36 heavy (non-hydrogen) atoms. The molecule has 3 unspecified atom stereocenters. The van der Waals surface area contributed by atoms with Crippen molar-refractivity contribution in [2.75, 3.05) is 18.9 Å². The molecular weight excluding hydrogens is 477 g/mol. The highest BCUT2D eigenvalue weighted by atomic mass is 19.4. The lowest BCUT2D eigenvalue weighted by Gasteiger charge is -2.35. The molecule has 7 nitrogen and oxygen atoms in total. The third kappa shape index (κ3) is 3.65. The number of hydrogen-bond donors (Lipinski definition) is 3. The van der Waals surface area contributed by atoms with Gasteiger partial charge in [-0.2, -0.15) is 0 Å². The number of phenolic OH excluding ortho intramolecular Hbond substituents is 2. The highest BCUT2D eigenvalue weighted by molar-refractivity contribution is 6.12. The second-order valence-electron chi connectivity index (χ2n) is 8.92. The van der Waals surface area contributed by atoms with Crippen molar-refractivity contribution in [3.63, 3.8) is 0 Å². The minimum Gasteiger partial charge on any atom is -0.504 e. The predicted molar refractivity (Wildman–Crippen MR) is 123 cm³/mol. The van der Waals surface area contributed by atoms with E-state index in [2.05, 4.69) is 10.1 Å². The summed E-state index contributed by atoms with van der Waals surface area (Å²) in [5.74, 6) is -3.60. The van der Waals surface area contributed by atoms with Crippen molar-refractivity contribution in [2.45, 2.75) is 17.8 Å². The molecule has 2 heterocycles. The van der Waals surface area contributed by atoms with Crippen molar-refractivity contribution in [1.82, 2.24) is 4.90 Å². The zero-order chi connectivity index (χ0) is 25.8. The number of carbonyl (C=O) groups is 2. The van der Waals surface area contributed by atoms with Crippen LogP contribution >= 0.6 is 0 Å². The molecule has 1 fully saturated rings. The van der Waals surface area contributed by atoms with Gasteiger partial charge < -0.3 is 20.3 Å². The zero-order valence-electron chi connectivity index (χ0n) is 18.9. The number of ketones is 1. The van der Waals surface area contributed by atoms with Crippen LogP contribution in [-0.2, 0) is 10.3 Å². The Bertz CT molecular complexity index is 1360. The van der Waals surface area contributed by atoms with Gasteiger partial charge in [0.15, 0.2) is 17.3 Å². The van der Waals surface area contributed by atoms with Gasteiger partial charge in [-0.05, 0) is 55.1 Å². The van der Waals surface area contributed by atoms with Gasteiger partial charge in [0.1, 0.15) is 11.3 Å². The number of fused-ring (bicyclic) bond motifs is 2. The maximum Gasteiger partial charge on any atom is 0.573 e. The van der Waals surface area contributed by atoms with Gasteiger partial charge in [-0.15, -0.1) is 13.2 Å². The molecule has 2 aliphatic heterocycles. The number of nitrogens with zero attached hydrogens (tertiary/aromatic N) is 1. The first-order valence-electron chi connectivity index (χ1n) is 11.1. The quantitative estimate of drug-likeness (QED) is 0.365. The Kier molecular flexibility index (Phi) is 5.44. The van der Waals surface area contributed by atoms with Crippen LogP contribution in [0.3, 0.4) is 0 Å². The molecule has 1 amide bonds. The van der Waals surface area contributed by atoms with Gasteiger partial charge in [-0.1, -0.05) is 24.3 Å². The number of alkyl halides is 3. The van der Waals surface area contributed by atoms with Gasteiger partial charge in [0, 0.05) is 29.3 Å². The molecule has 3 atom stereocenters. The van der Waals surface area contributed by atoms with E-state index < -0.39 is 41.2 Å². The van der Waals surface area contributed by atoms with E-state index in [-0.39, 0.29) is 23.6 Å². The van der Waals surface area contributed by atoms with Crippen molar-refractivity contribution in [1.29, 1.82) is 0 Å². The van der Waals surface area contributed by atoms with Gasteiger partial charge in [0.2, 0.25) is 5.91 Å². The van der Waals surface area contributed by atoms with Crippen LogP contribution in [0.15, 0.2) is 66.7 Å². The molecule has 1 saturated heterocycles. The van der Waals surface area contributed by atoms with Gasteiger partial charge >= 0.3 is 6.36 Å². The smallest absolute Gasteiger partial charge is 0.504 e. The third-order valence-electron chi connectivity index (χ3n) is 6.94. The lowest BCUT2D eigenvalue weighted by atomic mass is 9.70. The van der Waals surface area contributed by atoms with Crippen molar-refractivity contribution >= 4 is 17.4 Å². The number of amides is 1. The number of Topliss-reactive ketones (excluding diaryl/α,β-unsaturated/α-hetero) is 1. The number of hydrogen-bond acceptors (Lipinski definition) is 6. The van der Waals surface area contributed by atoms with Crippen LogP contribution in [0.25, 0.3) is 0 Å². The average molecular weight is 498 g/mol. The number of aromatic hydroxyl groups is 2. The van der Waals surface area contributed by atoms with E-state index >= 15 is 0 Å².